The maximum atomic E-state index is 2.43. The smallest absolute Gasteiger partial charge is 0.0640 e. The predicted molar refractivity (Wildman–Crippen MR) is 237 cm³/mol. The Bertz CT molecular complexity index is 3180. The molecule has 258 valence electrons. The lowest BCUT2D eigenvalue weighted by atomic mass is 10.0. The lowest BCUT2D eigenvalue weighted by molar-refractivity contribution is 1.20. The highest BCUT2D eigenvalue weighted by molar-refractivity contribution is 7.26. The number of thiophene rings is 1. The first-order valence-corrected chi connectivity index (χ1v) is 19.6. The third kappa shape index (κ3) is 5.24. The van der Waals surface area contributed by atoms with Crippen molar-refractivity contribution in [3.8, 4) is 27.9 Å². The Morgan fingerprint density at radius 2 is 0.927 bits per heavy atom. The number of benzene rings is 9. The molecule has 0 aliphatic carbocycles. The van der Waals surface area contributed by atoms with Crippen molar-refractivity contribution in [3.05, 3.63) is 206 Å². The zero-order chi connectivity index (χ0) is 36.3. The average Bonchev–Trinajstić information content (AvgIpc) is 3.80. The van der Waals surface area contributed by atoms with Gasteiger partial charge in [-0.15, -0.1) is 11.3 Å². The van der Waals surface area contributed by atoms with E-state index in [4.69, 9.17) is 0 Å². The van der Waals surface area contributed by atoms with E-state index in [1.54, 1.807) is 0 Å². The molecule has 0 atom stereocenters. The van der Waals surface area contributed by atoms with Crippen LogP contribution in [0.1, 0.15) is 0 Å². The van der Waals surface area contributed by atoms with Gasteiger partial charge in [0, 0.05) is 43.0 Å². The maximum absolute atomic E-state index is 2.43. The summed E-state index contributed by atoms with van der Waals surface area (Å²) in [6.07, 6.45) is 0. The van der Waals surface area contributed by atoms with E-state index in [1.807, 2.05) is 11.3 Å². The average molecular weight is 719 g/mol. The molecule has 2 nitrogen and oxygen atoms in total. The fourth-order valence-electron chi connectivity index (χ4n) is 8.39. The molecule has 0 unspecified atom stereocenters. The van der Waals surface area contributed by atoms with Crippen LogP contribution in [0.2, 0.25) is 0 Å². The first-order valence-electron chi connectivity index (χ1n) is 18.8. The zero-order valence-corrected chi connectivity index (χ0v) is 30.7. The molecule has 0 radical (unpaired) electrons. The Hall–Kier alpha value is -6.94. The Labute approximate surface area is 323 Å². The first kappa shape index (κ1) is 31.6. The summed E-state index contributed by atoms with van der Waals surface area (Å²) < 4.78 is 5.01. The summed E-state index contributed by atoms with van der Waals surface area (Å²) in [6.45, 7) is 0. The summed E-state index contributed by atoms with van der Waals surface area (Å²) in [5.74, 6) is 0. The van der Waals surface area contributed by atoms with Gasteiger partial charge in [-0.05, 0) is 88.3 Å². The predicted octanol–water partition coefficient (Wildman–Crippen LogP) is 15.1. The van der Waals surface area contributed by atoms with Crippen LogP contribution in [-0.2, 0) is 0 Å². The van der Waals surface area contributed by atoms with Gasteiger partial charge in [-0.3, -0.25) is 0 Å². The van der Waals surface area contributed by atoms with E-state index in [-0.39, 0.29) is 0 Å². The molecule has 11 aromatic rings. The molecular weight excluding hydrogens is 685 g/mol. The highest BCUT2D eigenvalue weighted by atomic mass is 32.1. The molecule has 0 aliphatic heterocycles. The minimum Gasteiger partial charge on any atom is -0.309 e. The third-order valence-electron chi connectivity index (χ3n) is 11.0. The van der Waals surface area contributed by atoms with Crippen molar-refractivity contribution >= 4 is 81.1 Å². The highest BCUT2D eigenvalue weighted by Gasteiger charge is 2.19. The molecule has 2 heterocycles. The van der Waals surface area contributed by atoms with Crippen molar-refractivity contribution in [1.29, 1.82) is 0 Å². The topological polar surface area (TPSA) is 8.17 Å². The van der Waals surface area contributed by atoms with Crippen LogP contribution in [0.25, 0.3) is 80.7 Å². The Kier molecular flexibility index (Phi) is 7.39. The van der Waals surface area contributed by atoms with Gasteiger partial charge in [0.1, 0.15) is 0 Å². The number of aromatic nitrogens is 1. The second-order valence-electron chi connectivity index (χ2n) is 14.1. The minimum atomic E-state index is 1.12. The van der Waals surface area contributed by atoms with Gasteiger partial charge in [0.05, 0.1) is 27.1 Å². The zero-order valence-electron chi connectivity index (χ0n) is 29.9. The molecule has 0 N–H and O–H groups in total. The van der Waals surface area contributed by atoms with Crippen LogP contribution < -0.4 is 4.90 Å². The van der Waals surface area contributed by atoms with Gasteiger partial charge in [0.15, 0.2) is 0 Å². The molecule has 0 fully saturated rings. The third-order valence-corrected chi connectivity index (χ3v) is 12.2. The monoisotopic (exact) mass is 718 g/mol. The van der Waals surface area contributed by atoms with Crippen molar-refractivity contribution in [1.82, 2.24) is 4.57 Å². The van der Waals surface area contributed by atoms with Gasteiger partial charge in [0.2, 0.25) is 0 Å². The van der Waals surface area contributed by atoms with Crippen molar-refractivity contribution in [2.75, 3.05) is 4.90 Å². The number of rotatable bonds is 6. The van der Waals surface area contributed by atoms with Gasteiger partial charge in [-0.2, -0.15) is 0 Å². The molecule has 0 bridgehead atoms. The van der Waals surface area contributed by atoms with Crippen LogP contribution in [0.3, 0.4) is 0 Å². The van der Waals surface area contributed by atoms with Crippen LogP contribution in [0.4, 0.5) is 17.1 Å². The lowest BCUT2D eigenvalue weighted by Crippen LogP contribution is -2.10. The highest BCUT2D eigenvalue weighted by Crippen LogP contribution is 2.45. The molecule has 3 heteroatoms. The van der Waals surface area contributed by atoms with E-state index in [2.05, 4.69) is 216 Å². The quantitative estimate of drug-likeness (QED) is 0.166. The Morgan fingerprint density at radius 1 is 0.364 bits per heavy atom. The van der Waals surface area contributed by atoms with Gasteiger partial charge >= 0.3 is 0 Å². The Morgan fingerprint density at radius 3 is 1.73 bits per heavy atom. The molecule has 0 aliphatic rings. The van der Waals surface area contributed by atoms with Crippen LogP contribution in [0.5, 0.6) is 0 Å². The molecule has 55 heavy (non-hydrogen) atoms. The number of hydrogen-bond acceptors (Lipinski definition) is 2. The first-order chi connectivity index (χ1) is 27.3. The van der Waals surface area contributed by atoms with E-state index in [0.29, 0.717) is 0 Å². The number of anilines is 3. The number of nitrogens with zero attached hydrogens (tertiary/aromatic N) is 2. The second-order valence-corrected chi connectivity index (χ2v) is 15.2. The molecule has 2 aromatic heterocycles. The normalized spacial score (nSPS) is 11.6. The van der Waals surface area contributed by atoms with Crippen molar-refractivity contribution in [3.63, 3.8) is 0 Å². The molecule has 0 amide bonds. The van der Waals surface area contributed by atoms with Crippen LogP contribution in [-0.4, -0.2) is 4.57 Å². The molecule has 11 rings (SSSR count). The van der Waals surface area contributed by atoms with E-state index >= 15 is 0 Å². The van der Waals surface area contributed by atoms with Crippen molar-refractivity contribution in [2.45, 2.75) is 0 Å². The van der Waals surface area contributed by atoms with Gasteiger partial charge in [-0.25, -0.2) is 0 Å². The van der Waals surface area contributed by atoms with Gasteiger partial charge in [0.25, 0.3) is 0 Å². The fourth-order valence-corrected chi connectivity index (χ4v) is 9.59. The standard InChI is InChI=1S/C52H34N2S/c1-2-12-35(13-3-1)36-24-29-40(30-25-36)53(50-22-11-19-45-44-18-7-9-23-51(44)55-52(45)50)41-31-26-37(27-32-41)39-28-33-49-46(34-39)43-17-6-8-20-48(43)54(49)47-21-10-15-38-14-4-5-16-42(38)47/h1-34H. The summed E-state index contributed by atoms with van der Waals surface area (Å²) in [4.78, 5) is 2.41. The van der Waals surface area contributed by atoms with Crippen molar-refractivity contribution < 1.29 is 0 Å². The number of para-hydroxylation sites is 1. The summed E-state index contributed by atoms with van der Waals surface area (Å²) in [5, 5.41) is 7.59. The molecule has 0 saturated carbocycles. The van der Waals surface area contributed by atoms with Gasteiger partial charge in [-0.1, -0.05) is 146 Å². The largest absolute Gasteiger partial charge is 0.309 e. The lowest BCUT2D eigenvalue weighted by Gasteiger charge is -2.26. The number of hydrogen-bond donors (Lipinski definition) is 0. The number of fused-ring (bicyclic) bond motifs is 7. The minimum absolute atomic E-state index is 1.12. The van der Waals surface area contributed by atoms with E-state index in [0.717, 1.165) is 11.4 Å². The summed E-state index contributed by atoms with van der Waals surface area (Å²) in [6, 6.07) is 75.1. The van der Waals surface area contributed by atoms with E-state index in [9.17, 15) is 0 Å². The fraction of sp³-hybridized carbons (Fsp3) is 0. The molecule has 0 saturated heterocycles. The maximum Gasteiger partial charge on any atom is 0.0640 e. The summed E-state index contributed by atoms with van der Waals surface area (Å²) in [5.41, 5.74) is 11.9. The van der Waals surface area contributed by atoms with E-state index < -0.39 is 0 Å². The SMILES string of the molecule is c1ccc(-c2ccc(N(c3ccc(-c4ccc5c(c4)c4ccccc4n5-c4cccc5ccccc45)cc3)c3cccc4c3sc3ccccc34)cc2)cc1. The molecule has 9 aromatic carbocycles. The van der Waals surface area contributed by atoms with Crippen LogP contribution in [0, 0.1) is 0 Å². The Balaban J connectivity index is 1.03. The van der Waals surface area contributed by atoms with Crippen LogP contribution in [0.15, 0.2) is 206 Å². The summed E-state index contributed by atoms with van der Waals surface area (Å²) in [7, 11) is 0. The van der Waals surface area contributed by atoms with E-state index in [1.165, 1.54) is 86.4 Å². The van der Waals surface area contributed by atoms with Crippen LogP contribution >= 0.6 is 11.3 Å². The summed E-state index contributed by atoms with van der Waals surface area (Å²) >= 11 is 1.87. The second kappa shape index (κ2) is 12.9. The molecule has 0 spiro atoms. The van der Waals surface area contributed by atoms with Crippen molar-refractivity contribution in [2.24, 2.45) is 0 Å². The molecular formula is C52H34N2S. The van der Waals surface area contributed by atoms with Gasteiger partial charge < -0.3 is 9.47 Å².